The van der Waals surface area contributed by atoms with Crippen molar-refractivity contribution < 1.29 is 31.1 Å². The highest BCUT2D eigenvalue weighted by Gasteiger charge is 2.35. The van der Waals surface area contributed by atoms with Crippen LogP contribution in [0, 0.1) is 0 Å². The third-order valence-corrected chi connectivity index (χ3v) is 8.44. The number of nitrogens with one attached hydrogen (secondary N) is 2. The molecule has 3 heterocycles. The molecule has 1 aliphatic rings. The van der Waals surface area contributed by atoms with Crippen molar-refractivity contribution in [3.63, 3.8) is 0 Å². The number of hydrogen-bond donors (Lipinski definition) is 2. The molecule has 1 saturated heterocycles. The molecule has 3 aromatic rings. The highest BCUT2D eigenvalue weighted by molar-refractivity contribution is 7.91. The lowest BCUT2D eigenvalue weighted by Gasteiger charge is -2.20. The van der Waals surface area contributed by atoms with Crippen LogP contribution in [-0.4, -0.2) is 47.9 Å². The quantitative estimate of drug-likeness (QED) is 0.334. The number of methoxy groups -OCH3 is 1. The summed E-state index contributed by atoms with van der Waals surface area (Å²) < 4.78 is 71.4. The van der Waals surface area contributed by atoms with Gasteiger partial charge in [0, 0.05) is 30.3 Å². The lowest BCUT2D eigenvalue weighted by atomic mass is 9.93. The zero-order chi connectivity index (χ0) is 29.6. The third-order valence-electron chi connectivity index (χ3n) is 6.67. The molecule has 0 saturated carbocycles. The van der Waals surface area contributed by atoms with Crippen molar-refractivity contribution in [1.29, 1.82) is 0 Å². The summed E-state index contributed by atoms with van der Waals surface area (Å²) in [5.41, 5.74) is 0.685. The van der Waals surface area contributed by atoms with E-state index in [1.54, 1.807) is 24.3 Å². The number of alkyl halides is 3. The van der Waals surface area contributed by atoms with Crippen molar-refractivity contribution in [2.45, 2.75) is 44.2 Å². The van der Waals surface area contributed by atoms with Crippen molar-refractivity contribution in [3.05, 3.63) is 77.9 Å². The topological polar surface area (TPSA) is 123 Å². The van der Waals surface area contributed by atoms with Gasteiger partial charge in [0.25, 0.3) is 0 Å². The van der Waals surface area contributed by atoms with E-state index in [-0.39, 0.29) is 41.0 Å². The normalized spacial score (nSPS) is 17.1. The molecule has 218 valence electrons. The van der Waals surface area contributed by atoms with Crippen LogP contribution >= 0.6 is 0 Å². The van der Waals surface area contributed by atoms with E-state index in [2.05, 4.69) is 32.2 Å². The first-order chi connectivity index (χ1) is 19.5. The average molecular weight is 590 g/mol. The van der Waals surface area contributed by atoms with Crippen LogP contribution < -0.4 is 15.4 Å². The van der Waals surface area contributed by atoms with E-state index in [0.717, 1.165) is 18.9 Å². The Morgan fingerprint density at radius 2 is 1.88 bits per heavy atom. The minimum atomic E-state index is -4.74. The van der Waals surface area contributed by atoms with Gasteiger partial charge in [-0.15, -0.1) is 0 Å². The number of anilines is 3. The molecule has 0 aliphatic carbocycles. The maximum absolute atomic E-state index is 13.9. The number of carbonyl (C=O) groups is 1. The number of rotatable bonds is 8. The fraction of sp³-hybridized carbons (Fsp3) is 0.357. The summed E-state index contributed by atoms with van der Waals surface area (Å²) in [6.45, 7) is 3.39. The van der Waals surface area contributed by atoms with E-state index < -0.39 is 33.3 Å². The molecule has 0 bridgehead atoms. The predicted octanol–water partition coefficient (Wildman–Crippen LogP) is 5.43. The molecule has 13 heteroatoms. The van der Waals surface area contributed by atoms with Crippen LogP contribution in [-0.2, 0) is 27.2 Å². The second-order valence-corrected chi connectivity index (χ2v) is 12.0. The molecule has 9 nitrogen and oxygen atoms in total. The summed E-state index contributed by atoms with van der Waals surface area (Å²) >= 11 is 0. The zero-order valence-electron chi connectivity index (χ0n) is 22.4. The molecule has 4 rings (SSSR count). The van der Waals surface area contributed by atoms with Crippen LogP contribution in [0.5, 0.6) is 5.88 Å². The molecule has 41 heavy (non-hydrogen) atoms. The predicted molar refractivity (Wildman–Crippen MR) is 149 cm³/mol. The molecule has 2 N–H and O–H groups in total. The SMILES string of the molecule is C=CC(=O)Nc1ccccc1Nc1nc(Cc2cc(OC)nc(C3CCCCS(=O)(=O)CC3)c2)ncc1C(F)(F)F. The van der Waals surface area contributed by atoms with Crippen molar-refractivity contribution >= 4 is 32.9 Å². The molecule has 2 aromatic heterocycles. The van der Waals surface area contributed by atoms with E-state index in [4.69, 9.17) is 4.74 Å². The molecule has 0 radical (unpaired) electrons. The number of benzene rings is 1. The summed E-state index contributed by atoms with van der Waals surface area (Å²) in [7, 11) is -1.67. The number of pyridine rings is 1. The molecule has 1 unspecified atom stereocenters. The van der Waals surface area contributed by atoms with Crippen molar-refractivity contribution in [3.8, 4) is 5.88 Å². The second kappa shape index (κ2) is 12.7. The Balaban J connectivity index is 1.66. The second-order valence-electron chi connectivity index (χ2n) is 9.66. The number of nitrogens with zero attached hydrogens (tertiary/aromatic N) is 3. The Morgan fingerprint density at radius 1 is 1.12 bits per heavy atom. The number of aromatic nitrogens is 3. The first-order valence-electron chi connectivity index (χ1n) is 13.0. The third kappa shape index (κ3) is 8.03. The number of ether oxygens (including phenoxy) is 1. The Kier molecular flexibility index (Phi) is 9.26. The Morgan fingerprint density at radius 3 is 2.59 bits per heavy atom. The summed E-state index contributed by atoms with van der Waals surface area (Å²) in [5.74, 6) is -0.447. The summed E-state index contributed by atoms with van der Waals surface area (Å²) in [6, 6.07) is 9.72. The average Bonchev–Trinajstić information content (AvgIpc) is 2.91. The van der Waals surface area contributed by atoms with Gasteiger partial charge >= 0.3 is 6.18 Å². The summed E-state index contributed by atoms with van der Waals surface area (Å²) in [6.07, 6.45) is -0.391. The zero-order valence-corrected chi connectivity index (χ0v) is 23.2. The van der Waals surface area contributed by atoms with Crippen LogP contribution in [0.4, 0.5) is 30.4 Å². The minimum Gasteiger partial charge on any atom is -0.481 e. The lowest BCUT2D eigenvalue weighted by Crippen LogP contribution is -2.18. The van der Waals surface area contributed by atoms with Gasteiger partial charge in [-0.3, -0.25) is 4.79 Å². The van der Waals surface area contributed by atoms with Gasteiger partial charge in [-0.25, -0.2) is 23.4 Å². The number of halogens is 3. The number of amides is 1. The monoisotopic (exact) mass is 589 g/mol. The van der Waals surface area contributed by atoms with E-state index in [1.165, 1.54) is 19.2 Å². The van der Waals surface area contributed by atoms with E-state index >= 15 is 0 Å². The Labute approximate surface area is 236 Å². The smallest absolute Gasteiger partial charge is 0.421 e. The van der Waals surface area contributed by atoms with Crippen LogP contribution in [0.3, 0.4) is 0 Å². The molecular weight excluding hydrogens is 559 g/mol. The molecule has 1 atom stereocenters. The van der Waals surface area contributed by atoms with E-state index in [0.29, 0.717) is 36.2 Å². The standard InChI is InChI=1S/C28H30F3N5O4S/c1-3-25(37)33-21-9-4-5-10-22(21)35-27-20(28(29,30)31)17-32-24(36-27)15-18-14-23(34-26(16-18)40-2)19-8-6-7-12-41(38,39)13-11-19/h3-5,9-10,14,16-17,19H,1,6-8,11-13,15H2,2H3,(H,33,37)(H,32,35,36). The number of carbonyl (C=O) groups excluding carboxylic acids is 1. The van der Waals surface area contributed by atoms with Gasteiger partial charge in [0.15, 0.2) is 0 Å². The minimum absolute atomic E-state index is 0.0671. The lowest BCUT2D eigenvalue weighted by molar-refractivity contribution is -0.137. The van der Waals surface area contributed by atoms with E-state index in [9.17, 15) is 26.4 Å². The molecule has 1 aromatic carbocycles. The van der Waals surface area contributed by atoms with Gasteiger partial charge < -0.3 is 15.4 Å². The van der Waals surface area contributed by atoms with Gasteiger partial charge in [-0.2, -0.15) is 13.2 Å². The van der Waals surface area contributed by atoms with Crippen molar-refractivity contribution in [2.75, 3.05) is 29.2 Å². The Bertz CT molecular complexity index is 1530. The van der Waals surface area contributed by atoms with E-state index in [1.807, 2.05) is 0 Å². The van der Waals surface area contributed by atoms with Crippen LogP contribution in [0.15, 0.2) is 55.3 Å². The summed E-state index contributed by atoms with van der Waals surface area (Å²) in [5, 5.41) is 5.25. The van der Waals surface area contributed by atoms with Crippen molar-refractivity contribution in [1.82, 2.24) is 15.0 Å². The van der Waals surface area contributed by atoms with Crippen LogP contribution in [0.2, 0.25) is 0 Å². The van der Waals surface area contributed by atoms with Gasteiger partial charge in [-0.05, 0) is 49.1 Å². The maximum Gasteiger partial charge on any atom is 0.421 e. The van der Waals surface area contributed by atoms with Gasteiger partial charge in [-0.1, -0.05) is 25.1 Å². The van der Waals surface area contributed by atoms with Crippen LogP contribution in [0.25, 0.3) is 0 Å². The summed E-state index contributed by atoms with van der Waals surface area (Å²) in [4.78, 5) is 24.5. The number of sulfone groups is 1. The first-order valence-corrected chi connectivity index (χ1v) is 14.8. The Hall–Kier alpha value is -4.00. The molecule has 1 aliphatic heterocycles. The largest absolute Gasteiger partial charge is 0.481 e. The van der Waals surface area contributed by atoms with Gasteiger partial charge in [0.1, 0.15) is 27.0 Å². The first kappa shape index (κ1) is 30.0. The fourth-order valence-electron chi connectivity index (χ4n) is 4.58. The fourth-order valence-corrected chi connectivity index (χ4v) is 6.07. The molecule has 0 spiro atoms. The van der Waals surface area contributed by atoms with Gasteiger partial charge in [0.2, 0.25) is 11.8 Å². The highest BCUT2D eigenvalue weighted by atomic mass is 32.2. The molecule has 1 amide bonds. The maximum atomic E-state index is 13.9. The highest BCUT2D eigenvalue weighted by Crippen LogP contribution is 2.36. The number of para-hydroxylation sites is 2. The van der Waals surface area contributed by atoms with Crippen LogP contribution in [0.1, 0.15) is 54.2 Å². The molecular formula is C28H30F3N5O4S. The number of hydrogen-bond acceptors (Lipinski definition) is 8. The molecule has 1 fully saturated rings. The van der Waals surface area contributed by atoms with Gasteiger partial charge in [0.05, 0.1) is 30.0 Å². The van der Waals surface area contributed by atoms with Crippen molar-refractivity contribution in [2.24, 2.45) is 0 Å².